The van der Waals surface area contributed by atoms with Crippen molar-refractivity contribution in [3.8, 4) is 0 Å². The summed E-state index contributed by atoms with van der Waals surface area (Å²) in [6.45, 7) is 0.717. The van der Waals surface area contributed by atoms with Crippen LogP contribution in [0.2, 0.25) is 0 Å². The van der Waals surface area contributed by atoms with Gasteiger partial charge in [-0.2, -0.15) is 0 Å². The maximum Gasteiger partial charge on any atom is 0.227 e. The van der Waals surface area contributed by atoms with Crippen LogP contribution in [0.5, 0.6) is 0 Å². The van der Waals surface area contributed by atoms with Gasteiger partial charge in [-0.15, -0.1) is 0 Å². The third-order valence-electron chi connectivity index (χ3n) is 5.35. The minimum absolute atomic E-state index is 0.0268. The molecule has 3 amide bonds. The molecule has 1 fully saturated rings. The molecule has 144 valence electrons. The van der Waals surface area contributed by atoms with Crippen molar-refractivity contribution in [1.82, 2.24) is 0 Å². The molecule has 0 aliphatic carbocycles. The van der Waals surface area contributed by atoms with Crippen molar-refractivity contribution in [2.24, 2.45) is 5.92 Å². The maximum absolute atomic E-state index is 12.4. The lowest BCUT2D eigenvalue weighted by Gasteiger charge is -2.24. The Morgan fingerprint density at radius 1 is 1.14 bits per heavy atom. The van der Waals surface area contributed by atoms with E-state index in [0.29, 0.717) is 31.5 Å². The SMILES string of the molecule is O=C(CCC1Cc2ccccc2NC1=O)Nc1cccc(N2CCCC2=O)c1. The Hall–Kier alpha value is -3.15. The standard InChI is InChI=1S/C22H23N3O3/c26-20(11-10-16-13-15-5-1-2-8-19(15)24-22(16)28)23-17-6-3-7-18(14-17)25-12-4-9-21(25)27/h1-3,5-8,14,16H,4,9-13H2,(H,23,26)(H,24,28). The molecule has 6 heteroatoms. The van der Waals surface area contributed by atoms with E-state index in [4.69, 9.17) is 0 Å². The highest BCUT2D eigenvalue weighted by Crippen LogP contribution is 2.28. The second-order valence-electron chi connectivity index (χ2n) is 7.33. The second-order valence-corrected chi connectivity index (χ2v) is 7.33. The lowest BCUT2D eigenvalue weighted by Crippen LogP contribution is -2.30. The largest absolute Gasteiger partial charge is 0.326 e. The molecule has 1 atom stereocenters. The van der Waals surface area contributed by atoms with Crippen molar-refractivity contribution in [3.05, 3.63) is 54.1 Å². The van der Waals surface area contributed by atoms with Crippen LogP contribution in [0.3, 0.4) is 0 Å². The van der Waals surface area contributed by atoms with Gasteiger partial charge < -0.3 is 15.5 Å². The first-order valence-corrected chi connectivity index (χ1v) is 9.69. The first-order valence-electron chi connectivity index (χ1n) is 9.69. The molecule has 2 heterocycles. The Balaban J connectivity index is 1.34. The number of anilines is 3. The summed E-state index contributed by atoms with van der Waals surface area (Å²) in [5, 5.41) is 5.80. The molecule has 0 saturated carbocycles. The number of benzene rings is 2. The number of fused-ring (bicyclic) bond motifs is 1. The summed E-state index contributed by atoms with van der Waals surface area (Å²) < 4.78 is 0. The Morgan fingerprint density at radius 3 is 2.82 bits per heavy atom. The predicted molar refractivity (Wildman–Crippen MR) is 108 cm³/mol. The van der Waals surface area contributed by atoms with Crippen LogP contribution in [-0.4, -0.2) is 24.3 Å². The van der Waals surface area contributed by atoms with Crippen molar-refractivity contribution in [2.45, 2.75) is 32.1 Å². The fourth-order valence-corrected chi connectivity index (χ4v) is 3.85. The van der Waals surface area contributed by atoms with Gasteiger partial charge in [0, 0.05) is 42.4 Å². The molecule has 28 heavy (non-hydrogen) atoms. The first-order chi connectivity index (χ1) is 13.6. The van der Waals surface area contributed by atoms with E-state index in [1.807, 2.05) is 48.5 Å². The summed E-state index contributed by atoms with van der Waals surface area (Å²) >= 11 is 0. The number of carbonyl (C=O) groups is 3. The second kappa shape index (κ2) is 7.84. The Morgan fingerprint density at radius 2 is 2.00 bits per heavy atom. The minimum atomic E-state index is -0.200. The van der Waals surface area contributed by atoms with Crippen LogP contribution in [0.4, 0.5) is 17.1 Å². The molecule has 0 spiro atoms. The van der Waals surface area contributed by atoms with Gasteiger partial charge >= 0.3 is 0 Å². The van der Waals surface area contributed by atoms with E-state index in [9.17, 15) is 14.4 Å². The molecule has 2 N–H and O–H groups in total. The number of rotatable bonds is 5. The smallest absolute Gasteiger partial charge is 0.227 e. The Bertz CT molecular complexity index is 925. The van der Waals surface area contributed by atoms with Crippen LogP contribution in [0.25, 0.3) is 0 Å². The van der Waals surface area contributed by atoms with E-state index in [0.717, 1.165) is 23.4 Å². The van der Waals surface area contributed by atoms with Crippen LogP contribution in [0.1, 0.15) is 31.2 Å². The van der Waals surface area contributed by atoms with Gasteiger partial charge in [-0.25, -0.2) is 0 Å². The van der Waals surface area contributed by atoms with Gasteiger partial charge in [0.1, 0.15) is 0 Å². The van der Waals surface area contributed by atoms with E-state index in [-0.39, 0.29) is 30.1 Å². The third-order valence-corrected chi connectivity index (χ3v) is 5.35. The van der Waals surface area contributed by atoms with Crippen LogP contribution in [0, 0.1) is 5.92 Å². The molecular formula is C22H23N3O3. The summed E-state index contributed by atoms with van der Waals surface area (Å²) in [5.41, 5.74) is 3.45. The summed E-state index contributed by atoms with van der Waals surface area (Å²) in [6.07, 6.45) is 2.86. The maximum atomic E-state index is 12.4. The van der Waals surface area contributed by atoms with E-state index >= 15 is 0 Å². The van der Waals surface area contributed by atoms with E-state index in [1.165, 1.54) is 0 Å². The lowest BCUT2D eigenvalue weighted by molar-refractivity contribution is -0.121. The van der Waals surface area contributed by atoms with Gasteiger partial charge in [-0.05, 0) is 49.1 Å². The number of hydrogen-bond donors (Lipinski definition) is 2. The lowest BCUT2D eigenvalue weighted by atomic mass is 9.89. The van der Waals surface area contributed by atoms with Crippen molar-refractivity contribution in [1.29, 1.82) is 0 Å². The molecule has 2 aromatic carbocycles. The zero-order chi connectivity index (χ0) is 19.5. The van der Waals surface area contributed by atoms with Gasteiger partial charge in [0.15, 0.2) is 0 Å². The van der Waals surface area contributed by atoms with Crippen LogP contribution in [-0.2, 0) is 20.8 Å². The normalized spacial score (nSPS) is 18.6. The van der Waals surface area contributed by atoms with Crippen molar-refractivity contribution in [3.63, 3.8) is 0 Å². The van der Waals surface area contributed by atoms with Gasteiger partial charge in [-0.3, -0.25) is 14.4 Å². The van der Waals surface area contributed by atoms with Crippen LogP contribution < -0.4 is 15.5 Å². The molecule has 2 aromatic rings. The molecule has 1 unspecified atom stereocenters. The van der Waals surface area contributed by atoms with Crippen molar-refractivity contribution in [2.75, 3.05) is 22.1 Å². The van der Waals surface area contributed by atoms with Crippen LogP contribution >= 0.6 is 0 Å². The highest BCUT2D eigenvalue weighted by molar-refractivity contribution is 5.98. The summed E-state index contributed by atoms with van der Waals surface area (Å²) in [6, 6.07) is 15.1. The Labute approximate surface area is 163 Å². The van der Waals surface area contributed by atoms with Gasteiger partial charge in [0.25, 0.3) is 0 Å². The number of carbonyl (C=O) groups excluding carboxylic acids is 3. The molecule has 0 aromatic heterocycles. The van der Waals surface area contributed by atoms with Gasteiger partial charge in [0.2, 0.25) is 17.7 Å². The average Bonchev–Trinajstić information content (AvgIpc) is 3.12. The molecule has 4 rings (SSSR count). The zero-order valence-electron chi connectivity index (χ0n) is 15.6. The van der Waals surface area contributed by atoms with E-state index in [1.54, 1.807) is 4.90 Å². The van der Waals surface area contributed by atoms with Crippen LogP contribution in [0.15, 0.2) is 48.5 Å². The van der Waals surface area contributed by atoms with Crippen molar-refractivity contribution < 1.29 is 14.4 Å². The number of para-hydroxylation sites is 1. The molecule has 2 aliphatic heterocycles. The highest BCUT2D eigenvalue weighted by atomic mass is 16.2. The molecule has 0 bridgehead atoms. The monoisotopic (exact) mass is 377 g/mol. The first kappa shape index (κ1) is 18.2. The predicted octanol–water partition coefficient (Wildman–Crippen LogP) is 3.34. The highest BCUT2D eigenvalue weighted by Gasteiger charge is 2.26. The summed E-state index contributed by atoms with van der Waals surface area (Å²) in [5.74, 6) is -0.237. The van der Waals surface area contributed by atoms with Gasteiger partial charge in [0.05, 0.1) is 0 Å². The van der Waals surface area contributed by atoms with Crippen molar-refractivity contribution >= 4 is 34.8 Å². The molecule has 1 saturated heterocycles. The zero-order valence-corrected chi connectivity index (χ0v) is 15.6. The topological polar surface area (TPSA) is 78.5 Å². The molecular weight excluding hydrogens is 354 g/mol. The Kier molecular flexibility index (Phi) is 5.10. The molecule has 6 nitrogen and oxygen atoms in total. The minimum Gasteiger partial charge on any atom is -0.326 e. The summed E-state index contributed by atoms with van der Waals surface area (Å²) in [4.78, 5) is 38.3. The quantitative estimate of drug-likeness (QED) is 0.839. The number of nitrogens with zero attached hydrogens (tertiary/aromatic N) is 1. The van der Waals surface area contributed by atoms with E-state index in [2.05, 4.69) is 10.6 Å². The molecule has 0 radical (unpaired) electrons. The average molecular weight is 377 g/mol. The fourth-order valence-electron chi connectivity index (χ4n) is 3.85. The summed E-state index contributed by atoms with van der Waals surface area (Å²) in [7, 11) is 0. The van der Waals surface area contributed by atoms with E-state index < -0.39 is 0 Å². The fraction of sp³-hybridized carbons (Fsp3) is 0.318. The third kappa shape index (κ3) is 3.91. The number of nitrogens with one attached hydrogen (secondary N) is 2. The van der Waals surface area contributed by atoms with Gasteiger partial charge in [-0.1, -0.05) is 24.3 Å². The number of amides is 3. The number of hydrogen-bond acceptors (Lipinski definition) is 3. The molecule has 2 aliphatic rings.